The summed E-state index contributed by atoms with van der Waals surface area (Å²) in [6, 6.07) is 5.64. The third kappa shape index (κ3) is 3.46. The Morgan fingerprint density at radius 2 is 2.06 bits per heavy atom. The monoisotopic (exact) mass is 236 g/mol. The third-order valence-corrected chi connectivity index (χ3v) is 2.78. The molecule has 0 aliphatic heterocycles. The van der Waals surface area contributed by atoms with Crippen LogP contribution in [0.5, 0.6) is 5.75 Å². The summed E-state index contributed by atoms with van der Waals surface area (Å²) in [6.07, 6.45) is 0. The number of carbonyl (C=O) groups excluding carboxylic acids is 1. The largest absolute Gasteiger partial charge is 0.496 e. The summed E-state index contributed by atoms with van der Waals surface area (Å²) >= 11 is 0. The maximum absolute atomic E-state index is 11.0. The summed E-state index contributed by atoms with van der Waals surface area (Å²) in [4.78, 5) is 11.0. The van der Waals surface area contributed by atoms with Crippen LogP contribution in [0.4, 0.5) is 0 Å². The van der Waals surface area contributed by atoms with Gasteiger partial charge in [-0.1, -0.05) is 12.1 Å². The van der Waals surface area contributed by atoms with E-state index in [-0.39, 0.29) is 18.0 Å². The molecule has 2 unspecified atom stereocenters. The molecule has 1 rings (SSSR count). The number of carbonyl (C=O) groups is 1. The number of methoxy groups -OCH3 is 1. The van der Waals surface area contributed by atoms with Crippen molar-refractivity contribution in [1.29, 1.82) is 0 Å². The predicted molar refractivity (Wildman–Crippen MR) is 67.9 cm³/mol. The number of ether oxygens (including phenoxy) is 1. The lowest BCUT2D eigenvalue weighted by atomic mass is 10.0. The second-order valence-electron chi connectivity index (χ2n) is 4.26. The number of hydrogen-bond donors (Lipinski definition) is 2. The average molecular weight is 236 g/mol. The molecular formula is C13H20N2O2. The van der Waals surface area contributed by atoms with Gasteiger partial charge in [0.1, 0.15) is 5.75 Å². The van der Waals surface area contributed by atoms with Crippen LogP contribution in [0.2, 0.25) is 0 Å². The van der Waals surface area contributed by atoms with Crippen molar-refractivity contribution in [2.45, 2.75) is 32.9 Å². The van der Waals surface area contributed by atoms with E-state index < -0.39 is 0 Å². The number of nitrogens with one attached hydrogen (secondary N) is 1. The molecule has 0 aromatic heterocycles. The first-order chi connectivity index (χ1) is 7.95. The molecule has 0 bridgehead atoms. The minimum atomic E-state index is -0.365. The molecule has 4 heteroatoms. The normalized spacial score (nSPS) is 14.1. The highest BCUT2D eigenvalue weighted by molar-refractivity contribution is 5.79. The minimum absolute atomic E-state index is 0.00745. The van der Waals surface area contributed by atoms with Crippen LogP contribution in [-0.2, 0) is 4.79 Å². The highest BCUT2D eigenvalue weighted by Gasteiger charge is 2.16. The highest BCUT2D eigenvalue weighted by atomic mass is 16.5. The SMILES string of the molecule is COc1cc(C)ccc1C(C)NC(C)C(N)=O. The van der Waals surface area contributed by atoms with Crippen molar-refractivity contribution in [3.8, 4) is 5.75 Å². The molecule has 94 valence electrons. The summed E-state index contributed by atoms with van der Waals surface area (Å²) in [6.45, 7) is 5.74. The molecule has 0 radical (unpaired) electrons. The lowest BCUT2D eigenvalue weighted by Crippen LogP contribution is -2.40. The highest BCUT2D eigenvalue weighted by Crippen LogP contribution is 2.26. The maximum Gasteiger partial charge on any atom is 0.234 e. The van der Waals surface area contributed by atoms with Crippen molar-refractivity contribution in [2.75, 3.05) is 7.11 Å². The van der Waals surface area contributed by atoms with Gasteiger partial charge in [0.25, 0.3) is 0 Å². The van der Waals surface area contributed by atoms with Gasteiger partial charge < -0.3 is 10.5 Å². The zero-order valence-corrected chi connectivity index (χ0v) is 10.8. The van der Waals surface area contributed by atoms with Gasteiger partial charge in [0.15, 0.2) is 0 Å². The third-order valence-electron chi connectivity index (χ3n) is 2.78. The van der Waals surface area contributed by atoms with Crippen molar-refractivity contribution in [3.05, 3.63) is 29.3 Å². The first-order valence-corrected chi connectivity index (χ1v) is 5.65. The molecule has 0 aliphatic rings. The van der Waals surface area contributed by atoms with Crippen LogP contribution in [0.3, 0.4) is 0 Å². The molecule has 0 fully saturated rings. The van der Waals surface area contributed by atoms with Gasteiger partial charge in [0, 0.05) is 11.6 Å². The van der Waals surface area contributed by atoms with Gasteiger partial charge >= 0.3 is 0 Å². The molecule has 3 N–H and O–H groups in total. The molecule has 0 aliphatic carbocycles. The van der Waals surface area contributed by atoms with Crippen molar-refractivity contribution in [2.24, 2.45) is 5.73 Å². The number of aryl methyl sites for hydroxylation is 1. The Labute approximate surface area is 102 Å². The maximum atomic E-state index is 11.0. The number of amides is 1. The second-order valence-corrected chi connectivity index (χ2v) is 4.26. The van der Waals surface area contributed by atoms with Gasteiger partial charge in [0.05, 0.1) is 13.2 Å². The Morgan fingerprint density at radius 3 is 2.59 bits per heavy atom. The lowest BCUT2D eigenvalue weighted by molar-refractivity contribution is -0.119. The lowest BCUT2D eigenvalue weighted by Gasteiger charge is -2.20. The van der Waals surface area contributed by atoms with E-state index >= 15 is 0 Å². The molecule has 2 atom stereocenters. The summed E-state index contributed by atoms with van der Waals surface area (Å²) in [5.74, 6) is 0.463. The fourth-order valence-electron chi connectivity index (χ4n) is 1.72. The molecule has 0 saturated carbocycles. The molecule has 1 amide bonds. The van der Waals surface area contributed by atoms with Crippen LogP contribution in [0.25, 0.3) is 0 Å². The van der Waals surface area contributed by atoms with Crippen LogP contribution in [-0.4, -0.2) is 19.1 Å². The van der Waals surface area contributed by atoms with Gasteiger partial charge in [-0.3, -0.25) is 10.1 Å². The van der Waals surface area contributed by atoms with Crippen LogP contribution >= 0.6 is 0 Å². The standard InChI is InChI=1S/C13H20N2O2/c1-8-5-6-11(12(7-8)17-4)9(2)15-10(3)13(14)16/h5-7,9-10,15H,1-4H3,(H2,14,16). The first-order valence-electron chi connectivity index (χ1n) is 5.65. The molecule has 0 spiro atoms. The van der Waals surface area contributed by atoms with Crippen LogP contribution in [0.15, 0.2) is 18.2 Å². The first kappa shape index (κ1) is 13.5. The van der Waals surface area contributed by atoms with E-state index in [0.29, 0.717) is 0 Å². The molecule has 0 heterocycles. The number of hydrogen-bond acceptors (Lipinski definition) is 3. The Kier molecular flexibility index (Phi) is 4.52. The van der Waals surface area contributed by atoms with Crippen molar-refractivity contribution in [1.82, 2.24) is 5.32 Å². The number of benzene rings is 1. The Bertz CT molecular complexity index is 404. The van der Waals surface area contributed by atoms with Gasteiger partial charge in [-0.15, -0.1) is 0 Å². The van der Waals surface area contributed by atoms with Gasteiger partial charge in [0.2, 0.25) is 5.91 Å². The molecule has 17 heavy (non-hydrogen) atoms. The minimum Gasteiger partial charge on any atom is -0.496 e. The van der Waals surface area contributed by atoms with E-state index in [1.165, 1.54) is 0 Å². The Balaban J connectivity index is 2.88. The predicted octanol–water partition coefficient (Wildman–Crippen LogP) is 1.53. The van der Waals surface area contributed by atoms with Crippen molar-refractivity contribution < 1.29 is 9.53 Å². The average Bonchev–Trinajstić information content (AvgIpc) is 2.28. The van der Waals surface area contributed by atoms with E-state index in [0.717, 1.165) is 16.9 Å². The molecule has 1 aromatic carbocycles. The van der Waals surface area contributed by atoms with E-state index in [1.54, 1.807) is 14.0 Å². The zero-order valence-electron chi connectivity index (χ0n) is 10.8. The molecule has 4 nitrogen and oxygen atoms in total. The summed E-state index contributed by atoms with van der Waals surface area (Å²) in [5.41, 5.74) is 7.38. The smallest absolute Gasteiger partial charge is 0.234 e. The van der Waals surface area contributed by atoms with Gasteiger partial charge in [-0.25, -0.2) is 0 Å². The summed E-state index contributed by atoms with van der Waals surface area (Å²) in [7, 11) is 1.64. The van der Waals surface area contributed by atoms with Crippen molar-refractivity contribution >= 4 is 5.91 Å². The van der Waals surface area contributed by atoms with Crippen molar-refractivity contribution in [3.63, 3.8) is 0 Å². The van der Waals surface area contributed by atoms with E-state index in [1.807, 2.05) is 32.0 Å². The van der Waals surface area contributed by atoms with Crippen LogP contribution in [0.1, 0.15) is 31.0 Å². The van der Waals surface area contributed by atoms with E-state index in [4.69, 9.17) is 10.5 Å². The topological polar surface area (TPSA) is 64.3 Å². The molecule has 1 aromatic rings. The number of nitrogens with two attached hydrogens (primary N) is 1. The van der Waals surface area contributed by atoms with Gasteiger partial charge in [-0.2, -0.15) is 0 Å². The quantitative estimate of drug-likeness (QED) is 0.814. The molecule has 0 saturated heterocycles. The second kappa shape index (κ2) is 5.68. The Hall–Kier alpha value is -1.55. The van der Waals surface area contributed by atoms with Crippen LogP contribution < -0.4 is 15.8 Å². The van der Waals surface area contributed by atoms with Gasteiger partial charge in [-0.05, 0) is 32.4 Å². The zero-order chi connectivity index (χ0) is 13.0. The fourth-order valence-corrected chi connectivity index (χ4v) is 1.72. The van der Waals surface area contributed by atoms with Crippen LogP contribution in [0, 0.1) is 6.92 Å². The van der Waals surface area contributed by atoms with E-state index in [9.17, 15) is 4.79 Å². The fraction of sp³-hybridized carbons (Fsp3) is 0.462. The Morgan fingerprint density at radius 1 is 1.41 bits per heavy atom. The van der Waals surface area contributed by atoms with E-state index in [2.05, 4.69) is 5.32 Å². The summed E-state index contributed by atoms with van der Waals surface area (Å²) in [5, 5.41) is 3.14. The number of rotatable bonds is 5. The summed E-state index contributed by atoms with van der Waals surface area (Å²) < 4.78 is 5.33. The number of primary amides is 1. The molecular weight excluding hydrogens is 216 g/mol.